The standard InChI is InChI=1S/C20H38N4O.HI/c1-2-21-19(22-16-20(25)12-6-7-13-20)23-17-10-14-24(15-11-17)18-8-4-3-5-9-18;/h17-18,25H,2-16H2,1H3,(H2,21,22,23);1H. The number of rotatable bonds is 5. The van der Waals surface area contributed by atoms with Crippen LogP contribution in [-0.2, 0) is 0 Å². The van der Waals surface area contributed by atoms with Gasteiger partial charge in [0.15, 0.2) is 5.96 Å². The van der Waals surface area contributed by atoms with Crippen LogP contribution in [0.25, 0.3) is 0 Å². The van der Waals surface area contributed by atoms with Crippen LogP contribution >= 0.6 is 24.0 Å². The highest BCUT2D eigenvalue weighted by atomic mass is 127. The second-order valence-electron chi connectivity index (χ2n) is 8.37. The Morgan fingerprint density at radius 1 is 1.04 bits per heavy atom. The third-order valence-electron chi connectivity index (χ3n) is 6.37. The SMILES string of the molecule is CCNC(=NCC1(O)CCCC1)NC1CCN(C2CCCCC2)CC1.I. The van der Waals surface area contributed by atoms with Crippen LogP contribution in [0.5, 0.6) is 0 Å². The first-order chi connectivity index (χ1) is 12.2. The molecule has 0 amide bonds. The normalized spacial score (nSPS) is 25.7. The van der Waals surface area contributed by atoms with E-state index >= 15 is 0 Å². The molecule has 0 spiro atoms. The fraction of sp³-hybridized carbons (Fsp3) is 0.950. The van der Waals surface area contributed by atoms with E-state index in [1.54, 1.807) is 0 Å². The Hall–Kier alpha value is -0.0800. The predicted octanol–water partition coefficient (Wildman–Crippen LogP) is 3.26. The molecule has 3 rings (SSSR count). The maximum absolute atomic E-state index is 10.5. The molecule has 5 nitrogen and oxygen atoms in total. The van der Waals surface area contributed by atoms with Gasteiger partial charge in [-0.2, -0.15) is 0 Å². The fourth-order valence-electron chi connectivity index (χ4n) is 4.79. The summed E-state index contributed by atoms with van der Waals surface area (Å²) >= 11 is 0. The maximum atomic E-state index is 10.5. The van der Waals surface area contributed by atoms with Crippen LogP contribution in [-0.4, -0.2) is 59.8 Å². The first-order valence-electron chi connectivity index (χ1n) is 10.7. The number of halogens is 1. The second kappa shape index (κ2) is 11.1. The van der Waals surface area contributed by atoms with Gasteiger partial charge in [0.05, 0.1) is 12.1 Å². The Kier molecular flexibility index (Phi) is 9.44. The Balaban J connectivity index is 0.00000243. The van der Waals surface area contributed by atoms with E-state index in [9.17, 15) is 5.11 Å². The molecule has 1 heterocycles. The molecule has 2 saturated carbocycles. The number of hydrogen-bond donors (Lipinski definition) is 3. The molecule has 0 unspecified atom stereocenters. The summed E-state index contributed by atoms with van der Waals surface area (Å²) in [6, 6.07) is 1.35. The van der Waals surface area contributed by atoms with Gasteiger partial charge in [0.2, 0.25) is 0 Å². The highest BCUT2D eigenvalue weighted by Crippen LogP contribution is 2.29. The van der Waals surface area contributed by atoms with E-state index in [0.717, 1.165) is 44.2 Å². The summed E-state index contributed by atoms with van der Waals surface area (Å²) in [5.41, 5.74) is -0.563. The van der Waals surface area contributed by atoms with Crippen molar-refractivity contribution in [2.75, 3.05) is 26.2 Å². The van der Waals surface area contributed by atoms with Crippen molar-refractivity contribution < 1.29 is 5.11 Å². The zero-order chi connectivity index (χ0) is 17.5. The molecule has 152 valence electrons. The third-order valence-corrected chi connectivity index (χ3v) is 6.37. The number of aliphatic hydroxyl groups is 1. The van der Waals surface area contributed by atoms with Gasteiger partial charge >= 0.3 is 0 Å². The number of likely N-dealkylation sites (tertiary alicyclic amines) is 1. The molecule has 0 radical (unpaired) electrons. The van der Waals surface area contributed by atoms with E-state index in [0.29, 0.717) is 12.6 Å². The average Bonchev–Trinajstić information content (AvgIpc) is 3.08. The van der Waals surface area contributed by atoms with Gasteiger partial charge in [-0.15, -0.1) is 24.0 Å². The van der Waals surface area contributed by atoms with Crippen molar-refractivity contribution >= 4 is 29.9 Å². The van der Waals surface area contributed by atoms with Gasteiger partial charge in [0, 0.05) is 31.7 Å². The highest BCUT2D eigenvalue weighted by Gasteiger charge is 2.31. The Bertz CT molecular complexity index is 426. The molecule has 2 aliphatic carbocycles. The van der Waals surface area contributed by atoms with Crippen LogP contribution in [0, 0.1) is 0 Å². The van der Waals surface area contributed by atoms with Crippen molar-refractivity contribution in [1.82, 2.24) is 15.5 Å². The van der Waals surface area contributed by atoms with Crippen LogP contribution in [0.3, 0.4) is 0 Å². The van der Waals surface area contributed by atoms with Crippen molar-refractivity contribution in [3.05, 3.63) is 0 Å². The molecule has 0 aromatic carbocycles. The molecule has 1 saturated heterocycles. The first kappa shape index (κ1) is 22.2. The summed E-state index contributed by atoms with van der Waals surface area (Å²) in [6.07, 6.45) is 13.5. The highest BCUT2D eigenvalue weighted by molar-refractivity contribution is 14.0. The minimum absolute atomic E-state index is 0. The average molecular weight is 478 g/mol. The molecule has 0 aromatic rings. The van der Waals surface area contributed by atoms with Crippen LogP contribution in [0.1, 0.15) is 77.6 Å². The Morgan fingerprint density at radius 3 is 2.31 bits per heavy atom. The Morgan fingerprint density at radius 2 is 1.69 bits per heavy atom. The largest absolute Gasteiger partial charge is 0.388 e. The van der Waals surface area contributed by atoms with Crippen LogP contribution in [0.15, 0.2) is 4.99 Å². The van der Waals surface area contributed by atoms with Crippen LogP contribution in [0.2, 0.25) is 0 Å². The van der Waals surface area contributed by atoms with Gasteiger partial charge in [0.25, 0.3) is 0 Å². The van der Waals surface area contributed by atoms with Crippen LogP contribution in [0.4, 0.5) is 0 Å². The van der Waals surface area contributed by atoms with E-state index in [1.807, 2.05) is 0 Å². The maximum Gasteiger partial charge on any atom is 0.191 e. The van der Waals surface area contributed by atoms with Gasteiger partial charge in [-0.3, -0.25) is 4.99 Å². The lowest BCUT2D eigenvalue weighted by molar-refractivity contribution is 0.0573. The zero-order valence-corrected chi connectivity index (χ0v) is 18.8. The topological polar surface area (TPSA) is 59.9 Å². The minimum atomic E-state index is -0.563. The van der Waals surface area contributed by atoms with Crippen molar-refractivity contribution in [3.8, 4) is 0 Å². The summed E-state index contributed by atoms with van der Waals surface area (Å²) in [5, 5.41) is 17.5. The quantitative estimate of drug-likeness (QED) is 0.323. The molecule has 6 heteroatoms. The number of hydrogen-bond acceptors (Lipinski definition) is 3. The summed E-state index contributed by atoms with van der Waals surface area (Å²) in [5.74, 6) is 0.888. The molecule has 0 atom stereocenters. The molecule has 3 fully saturated rings. The predicted molar refractivity (Wildman–Crippen MR) is 119 cm³/mol. The molecular weight excluding hydrogens is 439 g/mol. The smallest absolute Gasteiger partial charge is 0.191 e. The van der Waals surface area contributed by atoms with Crippen molar-refractivity contribution in [1.29, 1.82) is 0 Å². The number of guanidine groups is 1. The van der Waals surface area contributed by atoms with Gasteiger partial charge < -0.3 is 20.6 Å². The second-order valence-corrected chi connectivity index (χ2v) is 8.37. The molecule has 26 heavy (non-hydrogen) atoms. The van der Waals surface area contributed by atoms with Crippen molar-refractivity contribution in [2.45, 2.75) is 95.2 Å². The summed E-state index contributed by atoms with van der Waals surface area (Å²) in [6.45, 7) is 5.93. The molecule has 3 N–H and O–H groups in total. The lowest BCUT2D eigenvalue weighted by atomic mass is 9.92. The van der Waals surface area contributed by atoms with E-state index < -0.39 is 5.60 Å². The summed E-state index contributed by atoms with van der Waals surface area (Å²) in [7, 11) is 0. The molecule has 0 aromatic heterocycles. The van der Waals surface area contributed by atoms with Crippen LogP contribution < -0.4 is 10.6 Å². The van der Waals surface area contributed by atoms with Gasteiger partial charge in [-0.1, -0.05) is 32.1 Å². The van der Waals surface area contributed by atoms with E-state index in [2.05, 4.69) is 22.5 Å². The number of piperidine rings is 1. The number of aliphatic imine (C=N–C) groups is 1. The third kappa shape index (κ3) is 6.51. The van der Waals surface area contributed by atoms with E-state index in [-0.39, 0.29) is 24.0 Å². The minimum Gasteiger partial charge on any atom is -0.388 e. The van der Waals surface area contributed by atoms with Gasteiger partial charge in [0.1, 0.15) is 0 Å². The lowest BCUT2D eigenvalue weighted by Gasteiger charge is -2.39. The number of nitrogens with one attached hydrogen (secondary N) is 2. The first-order valence-corrected chi connectivity index (χ1v) is 10.7. The lowest BCUT2D eigenvalue weighted by Crippen LogP contribution is -2.51. The monoisotopic (exact) mass is 478 g/mol. The molecule has 3 aliphatic rings. The Labute approximate surface area is 176 Å². The van der Waals surface area contributed by atoms with E-state index in [1.165, 1.54) is 58.0 Å². The zero-order valence-electron chi connectivity index (χ0n) is 16.5. The molecular formula is C20H39IN4O. The van der Waals surface area contributed by atoms with Crippen molar-refractivity contribution in [2.24, 2.45) is 4.99 Å². The molecule has 1 aliphatic heterocycles. The van der Waals surface area contributed by atoms with E-state index in [4.69, 9.17) is 4.99 Å². The summed E-state index contributed by atoms with van der Waals surface area (Å²) in [4.78, 5) is 7.43. The summed E-state index contributed by atoms with van der Waals surface area (Å²) < 4.78 is 0. The van der Waals surface area contributed by atoms with Crippen molar-refractivity contribution in [3.63, 3.8) is 0 Å². The molecule has 0 bridgehead atoms. The van der Waals surface area contributed by atoms with Gasteiger partial charge in [-0.05, 0) is 45.4 Å². The fourth-order valence-corrected chi connectivity index (χ4v) is 4.79. The number of nitrogens with zero attached hydrogens (tertiary/aromatic N) is 2. The van der Waals surface area contributed by atoms with Gasteiger partial charge in [-0.25, -0.2) is 0 Å².